The van der Waals surface area contributed by atoms with E-state index in [2.05, 4.69) is 33.5 Å². The summed E-state index contributed by atoms with van der Waals surface area (Å²) < 4.78 is 0. The average molecular weight is 387 g/mol. The second-order valence-corrected chi connectivity index (χ2v) is 7.23. The first-order chi connectivity index (χ1) is 13.1. The van der Waals surface area contributed by atoms with Crippen LogP contribution < -0.4 is 15.5 Å². The third kappa shape index (κ3) is 4.93. The van der Waals surface area contributed by atoms with Crippen molar-refractivity contribution in [3.8, 4) is 0 Å². The van der Waals surface area contributed by atoms with Crippen LogP contribution in [-0.2, 0) is 6.54 Å². The Labute approximate surface area is 166 Å². The molecule has 2 aromatic carbocycles. The van der Waals surface area contributed by atoms with Crippen LogP contribution in [0, 0.1) is 0 Å². The van der Waals surface area contributed by atoms with Gasteiger partial charge in [-0.05, 0) is 50.4 Å². The monoisotopic (exact) mass is 386 g/mol. The Bertz CT molecular complexity index is 770. The van der Waals surface area contributed by atoms with E-state index in [0.29, 0.717) is 18.7 Å². The zero-order valence-corrected chi connectivity index (χ0v) is 16.7. The molecule has 0 bridgehead atoms. The van der Waals surface area contributed by atoms with Crippen molar-refractivity contribution in [2.75, 3.05) is 50.0 Å². The van der Waals surface area contributed by atoms with Gasteiger partial charge in [-0.2, -0.15) is 0 Å². The minimum Gasteiger partial charge on any atom is -0.381 e. The summed E-state index contributed by atoms with van der Waals surface area (Å²) >= 11 is 6.52. The highest BCUT2D eigenvalue weighted by Crippen LogP contribution is 2.29. The van der Waals surface area contributed by atoms with E-state index in [1.54, 1.807) is 0 Å². The first-order valence-corrected chi connectivity index (χ1v) is 9.79. The first-order valence-electron chi connectivity index (χ1n) is 9.41. The van der Waals surface area contributed by atoms with Crippen LogP contribution in [0.1, 0.15) is 22.8 Å². The molecule has 5 nitrogen and oxygen atoms in total. The zero-order chi connectivity index (χ0) is 19.2. The van der Waals surface area contributed by atoms with Crippen LogP contribution in [-0.4, -0.2) is 50.6 Å². The number of nitrogens with zero attached hydrogens (tertiary/aromatic N) is 2. The lowest BCUT2D eigenvalue weighted by molar-refractivity contribution is 0.0956. The molecule has 2 aromatic rings. The van der Waals surface area contributed by atoms with Crippen molar-refractivity contribution in [2.45, 2.75) is 13.5 Å². The summed E-state index contributed by atoms with van der Waals surface area (Å²) in [4.78, 5) is 16.6. The number of hydrogen-bond donors (Lipinski definition) is 2. The van der Waals surface area contributed by atoms with E-state index in [0.717, 1.165) is 42.5 Å². The number of hydrogen-bond acceptors (Lipinski definition) is 4. The van der Waals surface area contributed by atoms with Gasteiger partial charge in [-0.3, -0.25) is 4.79 Å². The number of likely N-dealkylation sites (N-methyl/N-ethyl adjacent to an activating group) is 1. The van der Waals surface area contributed by atoms with Crippen molar-refractivity contribution >= 4 is 28.9 Å². The maximum atomic E-state index is 11.9. The van der Waals surface area contributed by atoms with E-state index >= 15 is 0 Å². The number of carbonyl (C=O) groups is 1. The van der Waals surface area contributed by atoms with Crippen LogP contribution in [0.2, 0.25) is 5.02 Å². The molecule has 0 unspecified atom stereocenters. The van der Waals surface area contributed by atoms with Crippen molar-refractivity contribution in [3.05, 3.63) is 58.6 Å². The molecule has 3 rings (SSSR count). The Morgan fingerprint density at radius 2 is 1.78 bits per heavy atom. The van der Waals surface area contributed by atoms with Gasteiger partial charge in [0.05, 0.1) is 0 Å². The SMILES string of the molecule is CCNC(=O)c1ccc(NCc2c(Cl)cccc2N2CCN(C)CC2)cc1. The number of anilines is 2. The lowest BCUT2D eigenvalue weighted by Crippen LogP contribution is -2.44. The van der Waals surface area contributed by atoms with Gasteiger partial charge in [0.15, 0.2) is 0 Å². The van der Waals surface area contributed by atoms with Crippen molar-refractivity contribution in [3.63, 3.8) is 0 Å². The fourth-order valence-electron chi connectivity index (χ4n) is 3.26. The molecule has 0 atom stereocenters. The number of amides is 1. The predicted octanol–water partition coefficient (Wildman–Crippen LogP) is 3.45. The van der Waals surface area contributed by atoms with Crippen molar-refractivity contribution in [1.29, 1.82) is 0 Å². The van der Waals surface area contributed by atoms with Gasteiger partial charge in [-0.15, -0.1) is 0 Å². The molecular weight excluding hydrogens is 360 g/mol. The summed E-state index contributed by atoms with van der Waals surface area (Å²) in [7, 11) is 2.15. The Balaban J connectivity index is 1.70. The van der Waals surface area contributed by atoms with E-state index in [1.807, 2.05) is 43.3 Å². The highest BCUT2D eigenvalue weighted by molar-refractivity contribution is 6.31. The van der Waals surface area contributed by atoms with Gasteiger partial charge in [0.1, 0.15) is 0 Å². The summed E-state index contributed by atoms with van der Waals surface area (Å²) in [6, 6.07) is 13.6. The molecule has 0 radical (unpaired) electrons. The maximum Gasteiger partial charge on any atom is 0.251 e. The second-order valence-electron chi connectivity index (χ2n) is 6.82. The Morgan fingerprint density at radius 1 is 1.07 bits per heavy atom. The molecule has 1 saturated heterocycles. The topological polar surface area (TPSA) is 47.6 Å². The Kier molecular flexibility index (Phi) is 6.58. The van der Waals surface area contributed by atoms with Gasteiger partial charge in [0, 0.05) is 66.8 Å². The van der Waals surface area contributed by atoms with Gasteiger partial charge >= 0.3 is 0 Å². The van der Waals surface area contributed by atoms with Gasteiger partial charge in [-0.1, -0.05) is 17.7 Å². The molecule has 1 heterocycles. The van der Waals surface area contributed by atoms with E-state index in [1.165, 1.54) is 5.69 Å². The van der Waals surface area contributed by atoms with E-state index in [4.69, 9.17) is 11.6 Å². The lowest BCUT2D eigenvalue weighted by Gasteiger charge is -2.35. The van der Waals surface area contributed by atoms with Crippen LogP contribution >= 0.6 is 11.6 Å². The third-order valence-electron chi connectivity index (χ3n) is 4.89. The quantitative estimate of drug-likeness (QED) is 0.798. The predicted molar refractivity (Wildman–Crippen MR) is 113 cm³/mol. The van der Waals surface area contributed by atoms with Crippen LogP contribution in [0.25, 0.3) is 0 Å². The number of benzene rings is 2. The average Bonchev–Trinajstić information content (AvgIpc) is 2.68. The van der Waals surface area contributed by atoms with Crippen LogP contribution in [0.5, 0.6) is 0 Å². The molecule has 1 fully saturated rings. The normalized spacial score (nSPS) is 14.9. The molecule has 0 aliphatic carbocycles. The van der Waals surface area contributed by atoms with Crippen molar-refractivity contribution in [2.24, 2.45) is 0 Å². The van der Waals surface area contributed by atoms with Crippen LogP contribution in [0.15, 0.2) is 42.5 Å². The molecule has 144 valence electrons. The van der Waals surface area contributed by atoms with E-state index in [-0.39, 0.29) is 5.91 Å². The molecular formula is C21H27ClN4O. The maximum absolute atomic E-state index is 11.9. The molecule has 0 aromatic heterocycles. The minimum atomic E-state index is -0.0486. The molecule has 2 N–H and O–H groups in total. The summed E-state index contributed by atoms with van der Waals surface area (Å²) in [6.45, 7) is 7.30. The fraction of sp³-hybridized carbons (Fsp3) is 0.381. The lowest BCUT2D eigenvalue weighted by atomic mass is 10.1. The molecule has 0 spiro atoms. The molecule has 27 heavy (non-hydrogen) atoms. The Morgan fingerprint density at radius 3 is 2.44 bits per heavy atom. The van der Waals surface area contributed by atoms with Crippen LogP contribution in [0.4, 0.5) is 11.4 Å². The highest BCUT2D eigenvalue weighted by atomic mass is 35.5. The number of rotatable bonds is 6. The highest BCUT2D eigenvalue weighted by Gasteiger charge is 2.18. The van der Waals surface area contributed by atoms with Gasteiger partial charge in [0.2, 0.25) is 0 Å². The standard InChI is InChI=1S/C21H27ClN4O/c1-3-23-21(27)16-7-9-17(10-8-16)24-15-18-19(22)5-4-6-20(18)26-13-11-25(2)12-14-26/h4-10,24H,3,11-15H2,1-2H3,(H,23,27). The van der Waals surface area contributed by atoms with Gasteiger partial charge in [-0.25, -0.2) is 0 Å². The number of piperazine rings is 1. The second kappa shape index (κ2) is 9.11. The number of halogens is 1. The minimum absolute atomic E-state index is 0.0486. The summed E-state index contributed by atoms with van der Waals surface area (Å²) in [5, 5.41) is 7.02. The van der Waals surface area contributed by atoms with E-state index < -0.39 is 0 Å². The first kappa shape index (κ1) is 19.5. The molecule has 1 aliphatic rings. The Hall–Kier alpha value is -2.24. The molecule has 6 heteroatoms. The molecule has 1 amide bonds. The third-order valence-corrected chi connectivity index (χ3v) is 5.25. The van der Waals surface area contributed by atoms with Crippen molar-refractivity contribution < 1.29 is 4.79 Å². The summed E-state index contributed by atoms with van der Waals surface area (Å²) in [6.07, 6.45) is 0. The van der Waals surface area contributed by atoms with Gasteiger partial charge < -0.3 is 20.4 Å². The zero-order valence-electron chi connectivity index (χ0n) is 16.0. The van der Waals surface area contributed by atoms with E-state index in [9.17, 15) is 4.79 Å². The molecule has 1 aliphatic heterocycles. The smallest absolute Gasteiger partial charge is 0.251 e. The summed E-state index contributed by atoms with van der Waals surface area (Å²) in [5.74, 6) is -0.0486. The number of carbonyl (C=O) groups excluding carboxylic acids is 1. The fourth-order valence-corrected chi connectivity index (χ4v) is 3.49. The summed E-state index contributed by atoms with van der Waals surface area (Å²) in [5.41, 5.74) is 3.93. The van der Waals surface area contributed by atoms with Gasteiger partial charge in [0.25, 0.3) is 5.91 Å². The van der Waals surface area contributed by atoms with Crippen molar-refractivity contribution in [1.82, 2.24) is 10.2 Å². The van der Waals surface area contributed by atoms with Crippen LogP contribution in [0.3, 0.4) is 0 Å². The largest absolute Gasteiger partial charge is 0.381 e. The number of nitrogens with one attached hydrogen (secondary N) is 2. The molecule has 0 saturated carbocycles.